The van der Waals surface area contributed by atoms with E-state index in [2.05, 4.69) is 42.5 Å². The van der Waals surface area contributed by atoms with Crippen molar-refractivity contribution in [3.05, 3.63) is 53.7 Å². The van der Waals surface area contributed by atoms with Gasteiger partial charge in [0.2, 0.25) is 5.88 Å². The Balaban J connectivity index is 0.00000341. The molecule has 0 spiro atoms. The zero-order valence-corrected chi connectivity index (χ0v) is 21.0. The average Bonchev–Trinajstić information content (AvgIpc) is 2.72. The fraction of sp³-hybridized carbons (Fsp3) is 0.478. The zero-order chi connectivity index (χ0) is 21.4. The van der Waals surface area contributed by atoms with Crippen molar-refractivity contribution in [3.63, 3.8) is 0 Å². The number of hydrogen-bond acceptors (Lipinski definition) is 5. The van der Waals surface area contributed by atoms with E-state index >= 15 is 0 Å². The van der Waals surface area contributed by atoms with Gasteiger partial charge in [0.05, 0.1) is 19.2 Å². The summed E-state index contributed by atoms with van der Waals surface area (Å²) in [6.45, 7) is 8.62. The molecule has 1 aromatic heterocycles. The minimum Gasteiger partial charge on any atom is -0.487 e. The van der Waals surface area contributed by atoms with Gasteiger partial charge in [0.1, 0.15) is 18.0 Å². The number of ether oxygens (including phenoxy) is 3. The lowest BCUT2D eigenvalue weighted by molar-refractivity contribution is 0.0694. The van der Waals surface area contributed by atoms with Crippen LogP contribution >= 0.6 is 24.0 Å². The molecule has 1 aliphatic rings. The van der Waals surface area contributed by atoms with Crippen LogP contribution < -0.4 is 20.1 Å². The van der Waals surface area contributed by atoms with E-state index in [1.54, 1.807) is 13.3 Å². The van der Waals surface area contributed by atoms with Crippen LogP contribution in [0.3, 0.4) is 0 Å². The monoisotopic (exact) mass is 540 g/mol. The van der Waals surface area contributed by atoms with Crippen molar-refractivity contribution < 1.29 is 14.2 Å². The van der Waals surface area contributed by atoms with Crippen LogP contribution in [0.15, 0.2) is 47.6 Å². The molecule has 0 fully saturated rings. The second kappa shape index (κ2) is 12.1. The largest absolute Gasteiger partial charge is 0.487 e. The Hall–Kier alpha value is -2.07. The van der Waals surface area contributed by atoms with Crippen molar-refractivity contribution >= 4 is 29.9 Å². The van der Waals surface area contributed by atoms with Gasteiger partial charge in [0.25, 0.3) is 0 Å². The molecule has 7 nitrogen and oxygen atoms in total. The maximum atomic E-state index is 6.14. The van der Waals surface area contributed by atoms with Gasteiger partial charge in [-0.15, -0.1) is 24.0 Å². The maximum absolute atomic E-state index is 6.14. The van der Waals surface area contributed by atoms with E-state index in [4.69, 9.17) is 19.2 Å². The number of benzene rings is 1. The highest BCUT2D eigenvalue weighted by Crippen LogP contribution is 2.39. The van der Waals surface area contributed by atoms with Gasteiger partial charge in [-0.2, -0.15) is 0 Å². The number of fused-ring (bicyclic) bond motifs is 1. The highest BCUT2D eigenvalue weighted by atomic mass is 127. The molecule has 2 heterocycles. The van der Waals surface area contributed by atoms with Crippen LogP contribution in [0.2, 0.25) is 0 Å². The molecular weight excluding hydrogens is 507 g/mol. The van der Waals surface area contributed by atoms with E-state index in [1.165, 1.54) is 0 Å². The molecule has 2 N–H and O–H groups in total. The number of aromatic nitrogens is 1. The number of hydrogen-bond donors (Lipinski definition) is 2. The Labute approximate surface area is 202 Å². The summed E-state index contributed by atoms with van der Waals surface area (Å²) in [5.74, 6) is 2.29. The van der Waals surface area contributed by atoms with E-state index < -0.39 is 0 Å². The fourth-order valence-electron chi connectivity index (χ4n) is 3.41. The van der Waals surface area contributed by atoms with Crippen LogP contribution in [0.4, 0.5) is 0 Å². The average molecular weight is 540 g/mol. The molecule has 170 valence electrons. The van der Waals surface area contributed by atoms with Gasteiger partial charge < -0.3 is 24.8 Å². The van der Waals surface area contributed by atoms with E-state index in [0.29, 0.717) is 25.6 Å². The molecule has 1 aromatic carbocycles. The number of pyridine rings is 1. The van der Waals surface area contributed by atoms with Crippen molar-refractivity contribution in [2.75, 3.05) is 26.9 Å². The molecule has 1 aliphatic heterocycles. The summed E-state index contributed by atoms with van der Waals surface area (Å²) in [6, 6.07) is 12.1. The lowest BCUT2D eigenvalue weighted by Gasteiger charge is -2.38. The number of nitrogens with zero attached hydrogens (tertiary/aromatic N) is 2. The standard InChI is InChI=1S/C23H32N4O3.HI/c1-5-24-22(26-16-17-10-11-21(25-15-17)29-13-12-28-4)27-19-14-23(2,3)30-20-9-7-6-8-18(19)20;/h6-11,15,19H,5,12-14,16H2,1-4H3,(H2,24,26,27);1H. The van der Waals surface area contributed by atoms with Crippen LogP contribution in [-0.2, 0) is 11.3 Å². The summed E-state index contributed by atoms with van der Waals surface area (Å²) in [7, 11) is 1.65. The quantitative estimate of drug-likeness (QED) is 0.228. The van der Waals surface area contributed by atoms with Crippen LogP contribution in [0.5, 0.6) is 11.6 Å². The number of aliphatic imine (C=N–C) groups is 1. The molecule has 0 amide bonds. The van der Waals surface area contributed by atoms with Crippen LogP contribution in [0.25, 0.3) is 0 Å². The SMILES string of the molecule is CCNC(=NCc1ccc(OCCOC)nc1)NC1CC(C)(C)Oc2ccccc21.I. The molecule has 0 saturated heterocycles. The summed E-state index contributed by atoms with van der Waals surface area (Å²) in [6.07, 6.45) is 2.64. The van der Waals surface area contributed by atoms with Gasteiger partial charge in [0.15, 0.2) is 5.96 Å². The van der Waals surface area contributed by atoms with Crippen molar-refractivity contribution in [1.82, 2.24) is 15.6 Å². The fourth-order valence-corrected chi connectivity index (χ4v) is 3.41. The third kappa shape index (κ3) is 7.53. The summed E-state index contributed by atoms with van der Waals surface area (Å²) >= 11 is 0. The molecule has 1 atom stereocenters. The molecule has 1 unspecified atom stereocenters. The number of guanidine groups is 1. The summed E-state index contributed by atoms with van der Waals surface area (Å²) in [4.78, 5) is 9.09. The molecule has 3 rings (SSSR count). The highest BCUT2D eigenvalue weighted by Gasteiger charge is 2.33. The first kappa shape index (κ1) is 25.2. The molecular formula is C23H33IN4O3. The van der Waals surface area contributed by atoms with Crippen molar-refractivity contribution in [2.24, 2.45) is 4.99 Å². The molecule has 0 radical (unpaired) electrons. The van der Waals surface area contributed by atoms with Crippen molar-refractivity contribution in [3.8, 4) is 11.6 Å². The Morgan fingerprint density at radius 1 is 1.23 bits per heavy atom. The van der Waals surface area contributed by atoms with Crippen LogP contribution in [-0.4, -0.2) is 43.4 Å². The molecule has 0 aliphatic carbocycles. The van der Waals surface area contributed by atoms with Crippen LogP contribution in [0, 0.1) is 0 Å². The minimum atomic E-state index is -0.244. The number of rotatable bonds is 8. The lowest BCUT2D eigenvalue weighted by Crippen LogP contribution is -2.45. The third-order valence-electron chi connectivity index (χ3n) is 4.79. The maximum Gasteiger partial charge on any atom is 0.213 e. The van der Waals surface area contributed by atoms with Gasteiger partial charge in [-0.05, 0) is 32.4 Å². The number of methoxy groups -OCH3 is 1. The van der Waals surface area contributed by atoms with Gasteiger partial charge in [-0.3, -0.25) is 0 Å². The van der Waals surface area contributed by atoms with E-state index in [-0.39, 0.29) is 35.6 Å². The Morgan fingerprint density at radius 3 is 2.74 bits per heavy atom. The van der Waals surface area contributed by atoms with Gasteiger partial charge in [-0.25, -0.2) is 9.98 Å². The second-order valence-corrected chi connectivity index (χ2v) is 7.84. The minimum absolute atomic E-state index is 0. The predicted octanol–water partition coefficient (Wildman–Crippen LogP) is 4.08. The molecule has 0 bridgehead atoms. The Morgan fingerprint density at radius 2 is 2.03 bits per heavy atom. The van der Waals surface area contributed by atoms with Gasteiger partial charge in [0, 0.05) is 37.9 Å². The molecule has 8 heteroatoms. The van der Waals surface area contributed by atoms with E-state index in [9.17, 15) is 0 Å². The molecule has 0 saturated carbocycles. The second-order valence-electron chi connectivity index (χ2n) is 7.84. The first-order valence-electron chi connectivity index (χ1n) is 10.4. The summed E-state index contributed by atoms with van der Waals surface area (Å²) in [5.41, 5.74) is 1.92. The van der Waals surface area contributed by atoms with E-state index in [0.717, 1.165) is 35.8 Å². The third-order valence-corrected chi connectivity index (χ3v) is 4.79. The topological polar surface area (TPSA) is 77.0 Å². The molecule has 31 heavy (non-hydrogen) atoms. The number of halogens is 1. The summed E-state index contributed by atoms with van der Waals surface area (Å²) in [5, 5.41) is 6.93. The predicted molar refractivity (Wildman–Crippen MR) is 133 cm³/mol. The normalized spacial score (nSPS) is 17.0. The van der Waals surface area contributed by atoms with Gasteiger partial charge in [-0.1, -0.05) is 24.3 Å². The lowest BCUT2D eigenvalue weighted by atomic mass is 9.90. The smallest absolute Gasteiger partial charge is 0.213 e. The number of para-hydroxylation sites is 1. The van der Waals surface area contributed by atoms with Crippen molar-refractivity contribution in [2.45, 2.75) is 45.4 Å². The molecule has 2 aromatic rings. The number of nitrogens with one attached hydrogen (secondary N) is 2. The summed E-state index contributed by atoms with van der Waals surface area (Å²) < 4.78 is 16.6. The Bertz CT molecular complexity index is 843. The van der Waals surface area contributed by atoms with E-state index in [1.807, 2.05) is 30.3 Å². The van der Waals surface area contributed by atoms with Crippen molar-refractivity contribution in [1.29, 1.82) is 0 Å². The zero-order valence-electron chi connectivity index (χ0n) is 18.7. The Kier molecular flexibility index (Phi) is 9.83. The first-order valence-corrected chi connectivity index (χ1v) is 10.4. The highest BCUT2D eigenvalue weighted by molar-refractivity contribution is 14.0. The van der Waals surface area contributed by atoms with Crippen LogP contribution in [0.1, 0.15) is 44.4 Å². The van der Waals surface area contributed by atoms with Gasteiger partial charge >= 0.3 is 0 Å². The first-order chi connectivity index (χ1) is 14.5.